The summed E-state index contributed by atoms with van der Waals surface area (Å²) in [6.07, 6.45) is -7.83. The van der Waals surface area contributed by atoms with E-state index in [1.165, 1.54) is 0 Å². The van der Waals surface area contributed by atoms with Crippen LogP contribution in [0.2, 0.25) is 0 Å². The van der Waals surface area contributed by atoms with Gasteiger partial charge in [0.15, 0.2) is 11.9 Å². The van der Waals surface area contributed by atoms with E-state index in [9.17, 15) is 18.0 Å². The van der Waals surface area contributed by atoms with Gasteiger partial charge in [-0.15, -0.1) is 0 Å². The zero-order chi connectivity index (χ0) is 11.6. The van der Waals surface area contributed by atoms with Gasteiger partial charge in [-0.25, -0.2) is 0 Å². The summed E-state index contributed by atoms with van der Waals surface area (Å²) in [4.78, 5) is 11.0. The molecule has 0 bridgehead atoms. The van der Waals surface area contributed by atoms with Crippen molar-refractivity contribution in [3.05, 3.63) is 0 Å². The molecule has 0 aliphatic heterocycles. The van der Waals surface area contributed by atoms with Gasteiger partial charge in [0.1, 0.15) is 6.10 Å². The number of carbonyl (C=O) groups is 1. The van der Waals surface area contributed by atoms with Gasteiger partial charge in [0, 0.05) is 13.0 Å². The highest BCUT2D eigenvalue weighted by molar-refractivity contribution is 5.90. The quantitative estimate of drug-likeness (QED) is 0.731. The first-order valence-electron chi connectivity index (χ1n) is 4.72. The second kappa shape index (κ2) is 4.49. The van der Waals surface area contributed by atoms with E-state index < -0.39 is 24.5 Å². The number of rotatable bonds is 4. The van der Waals surface area contributed by atoms with Crippen LogP contribution in [0.1, 0.15) is 20.3 Å². The Morgan fingerprint density at radius 1 is 1.53 bits per heavy atom. The third kappa shape index (κ3) is 2.92. The largest absolute Gasteiger partial charge is 0.414 e. The van der Waals surface area contributed by atoms with E-state index in [0.29, 0.717) is 0 Å². The zero-order valence-corrected chi connectivity index (χ0v) is 8.50. The molecule has 0 heterocycles. The lowest BCUT2D eigenvalue weighted by Gasteiger charge is -2.36. The fourth-order valence-corrected chi connectivity index (χ4v) is 1.31. The number of hydrogen-bond donors (Lipinski definition) is 0. The highest BCUT2D eigenvalue weighted by Crippen LogP contribution is 2.29. The number of ether oxygens (including phenoxy) is 2. The Kier molecular flexibility index (Phi) is 3.72. The summed E-state index contributed by atoms with van der Waals surface area (Å²) in [5.74, 6) is -0.198. The molecular formula is C9H13F3O3. The number of ketones is 1. The maximum absolute atomic E-state index is 12.1. The maximum atomic E-state index is 12.1. The van der Waals surface area contributed by atoms with E-state index in [1.54, 1.807) is 6.92 Å². The number of Topliss-reactive ketones (excluding diaryl/α,β-unsaturated/α-hetero) is 1. The molecule has 88 valence electrons. The van der Waals surface area contributed by atoms with E-state index >= 15 is 0 Å². The molecule has 0 N–H and O–H groups in total. The SMILES string of the molecule is CCOC1C(=O)CC1OC(C)C(F)(F)F. The third-order valence-electron chi connectivity index (χ3n) is 2.24. The predicted molar refractivity (Wildman–Crippen MR) is 45.4 cm³/mol. The minimum Gasteiger partial charge on any atom is -0.368 e. The summed E-state index contributed by atoms with van der Waals surface area (Å²) in [5.41, 5.74) is 0. The second-order valence-corrected chi connectivity index (χ2v) is 3.40. The Labute approximate surface area is 85.5 Å². The van der Waals surface area contributed by atoms with Gasteiger partial charge in [0.05, 0.1) is 6.10 Å². The zero-order valence-electron chi connectivity index (χ0n) is 8.50. The van der Waals surface area contributed by atoms with Crippen molar-refractivity contribution in [3.8, 4) is 0 Å². The summed E-state index contributed by atoms with van der Waals surface area (Å²) in [6.45, 7) is 2.89. The first-order valence-corrected chi connectivity index (χ1v) is 4.72. The average Bonchev–Trinajstić information content (AvgIpc) is 2.12. The van der Waals surface area contributed by atoms with Crippen LogP contribution in [0.5, 0.6) is 0 Å². The number of alkyl halides is 3. The number of carbonyl (C=O) groups excluding carboxylic acids is 1. The van der Waals surface area contributed by atoms with Crippen LogP contribution in [-0.4, -0.2) is 36.9 Å². The minimum absolute atomic E-state index is 0.00505. The topological polar surface area (TPSA) is 35.5 Å². The summed E-state index contributed by atoms with van der Waals surface area (Å²) >= 11 is 0. The normalized spacial score (nSPS) is 28.7. The molecule has 15 heavy (non-hydrogen) atoms. The molecule has 1 saturated carbocycles. The Morgan fingerprint density at radius 2 is 2.13 bits per heavy atom. The molecule has 6 heteroatoms. The molecule has 3 atom stereocenters. The first-order chi connectivity index (χ1) is 6.86. The van der Waals surface area contributed by atoms with Crippen LogP contribution < -0.4 is 0 Å². The number of hydrogen-bond acceptors (Lipinski definition) is 3. The van der Waals surface area contributed by atoms with Gasteiger partial charge in [-0.3, -0.25) is 4.79 Å². The van der Waals surface area contributed by atoms with Crippen molar-refractivity contribution in [2.45, 2.75) is 44.8 Å². The molecule has 0 amide bonds. The second-order valence-electron chi connectivity index (χ2n) is 3.40. The Morgan fingerprint density at radius 3 is 2.53 bits per heavy atom. The van der Waals surface area contributed by atoms with Crippen LogP contribution in [0.15, 0.2) is 0 Å². The Hall–Kier alpha value is -0.620. The van der Waals surface area contributed by atoms with Crippen LogP contribution in [0.3, 0.4) is 0 Å². The average molecular weight is 226 g/mol. The van der Waals surface area contributed by atoms with E-state index in [0.717, 1.165) is 6.92 Å². The maximum Gasteiger partial charge on any atom is 0.414 e. The summed E-state index contributed by atoms with van der Waals surface area (Å²) in [6, 6.07) is 0. The molecule has 0 aromatic carbocycles. The fraction of sp³-hybridized carbons (Fsp3) is 0.889. The monoisotopic (exact) mass is 226 g/mol. The lowest BCUT2D eigenvalue weighted by Crippen LogP contribution is -2.53. The first kappa shape index (κ1) is 12.4. The molecule has 0 spiro atoms. The van der Waals surface area contributed by atoms with Crippen molar-refractivity contribution in [3.63, 3.8) is 0 Å². The van der Waals surface area contributed by atoms with Gasteiger partial charge in [-0.05, 0) is 13.8 Å². The highest BCUT2D eigenvalue weighted by Gasteiger charge is 2.46. The van der Waals surface area contributed by atoms with E-state index in [-0.39, 0.29) is 18.8 Å². The lowest BCUT2D eigenvalue weighted by atomic mass is 9.90. The molecular weight excluding hydrogens is 213 g/mol. The molecule has 0 aromatic rings. The van der Waals surface area contributed by atoms with Gasteiger partial charge in [0.25, 0.3) is 0 Å². The summed E-state index contributed by atoms with van der Waals surface area (Å²) in [5, 5.41) is 0. The van der Waals surface area contributed by atoms with Gasteiger partial charge >= 0.3 is 6.18 Å². The van der Waals surface area contributed by atoms with Gasteiger partial charge in [-0.2, -0.15) is 13.2 Å². The molecule has 1 aliphatic carbocycles. The van der Waals surface area contributed by atoms with Crippen LogP contribution in [0, 0.1) is 0 Å². The van der Waals surface area contributed by atoms with Crippen molar-refractivity contribution in [2.24, 2.45) is 0 Å². The molecule has 3 nitrogen and oxygen atoms in total. The molecule has 0 radical (unpaired) electrons. The molecule has 1 fully saturated rings. The Balaban J connectivity index is 2.43. The Bertz CT molecular complexity index is 239. The lowest BCUT2D eigenvalue weighted by molar-refractivity contribution is -0.246. The standard InChI is InChI=1S/C9H13F3O3/c1-3-14-8-6(13)4-7(8)15-5(2)9(10,11)12/h5,7-8H,3-4H2,1-2H3. The van der Waals surface area contributed by atoms with E-state index in [4.69, 9.17) is 9.47 Å². The summed E-state index contributed by atoms with van der Waals surface area (Å²) < 4.78 is 46.1. The fourth-order valence-electron chi connectivity index (χ4n) is 1.31. The van der Waals surface area contributed by atoms with Gasteiger partial charge in [-0.1, -0.05) is 0 Å². The molecule has 0 aromatic heterocycles. The highest BCUT2D eigenvalue weighted by atomic mass is 19.4. The minimum atomic E-state index is -4.39. The molecule has 1 rings (SSSR count). The van der Waals surface area contributed by atoms with Crippen molar-refractivity contribution >= 4 is 5.78 Å². The van der Waals surface area contributed by atoms with Crippen molar-refractivity contribution in [2.75, 3.05) is 6.61 Å². The summed E-state index contributed by atoms with van der Waals surface area (Å²) in [7, 11) is 0. The predicted octanol–water partition coefficient (Wildman–Crippen LogP) is 1.70. The van der Waals surface area contributed by atoms with Crippen molar-refractivity contribution in [1.82, 2.24) is 0 Å². The van der Waals surface area contributed by atoms with Crippen LogP contribution in [0.4, 0.5) is 13.2 Å². The van der Waals surface area contributed by atoms with Crippen LogP contribution in [-0.2, 0) is 14.3 Å². The van der Waals surface area contributed by atoms with Crippen molar-refractivity contribution in [1.29, 1.82) is 0 Å². The molecule has 1 aliphatic rings. The molecule has 0 saturated heterocycles. The van der Waals surface area contributed by atoms with Crippen LogP contribution in [0.25, 0.3) is 0 Å². The van der Waals surface area contributed by atoms with Gasteiger partial charge < -0.3 is 9.47 Å². The smallest absolute Gasteiger partial charge is 0.368 e. The van der Waals surface area contributed by atoms with Gasteiger partial charge in [0.2, 0.25) is 0 Å². The van der Waals surface area contributed by atoms with E-state index in [2.05, 4.69) is 0 Å². The third-order valence-corrected chi connectivity index (χ3v) is 2.24. The van der Waals surface area contributed by atoms with Crippen LogP contribution >= 0.6 is 0 Å². The number of halogens is 3. The molecule has 3 unspecified atom stereocenters. The van der Waals surface area contributed by atoms with E-state index in [1.807, 2.05) is 0 Å². The van der Waals surface area contributed by atoms with Crippen molar-refractivity contribution < 1.29 is 27.4 Å².